The summed E-state index contributed by atoms with van der Waals surface area (Å²) in [6.45, 7) is 7.98. The molecule has 0 radical (unpaired) electrons. The Morgan fingerprint density at radius 1 is 1.10 bits per heavy atom. The second-order valence-corrected chi connectivity index (χ2v) is 7.48. The summed E-state index contributed by atoms with van der Waals surface area (Å²) in [5.74, 6) is 1.29. The fourth-order valence-corrected chi connectivity index (χ4v) is 3.09. The maximum Gasteiger partial charge on any atom is 0.319 e. The zero-order valence-corrected chi connectivity index (χ0v) is 16.8. The largest absolute Gasteiger partial charge is 0.457 e. The lowest BCUT2D eigenvalue weighted by Crippen LogP contribution is -2.55. The van der Waals surface area contributed by atoms with E-state index in [1.54, 1.807) is 48.5 Å². The minimum atomic E-state index is -0.243. The van der Waals surface area contributed by atoms with Crippen LogP contribution in [0.5, 0.6) is 11.5 Å². The summed E-state index contributed by atoms with van der Waals surface area (Å²) < 4.78 is 11.1. The highest BCUT2D eigenvalue weighted by atomic mass is 16.5. The number of carbonyl (C=O) groups excluding carboxylic acids is 1. The summed E-state index contributed by atoms with van der Waals surface area (Å²) in [6.07, 6.45) is 0. The van der Waals surface area contributed by atoms with Gasteiger partial charge in [0.1, 0.15) is 11.5 Å². The molecule has 29 heavy (non-hydrogen) atoms. The Labute approximate surface area is 171 Å². The summed E-state index contributed by atoms with van der Waals surface area (Å²) in [6, 6.07) is 15.9. The fourth-order valence-electron chi connectivity index (χ4n) is 3.09. The van der Waals surface area contributed by atoms with Crippen molar-refractivity contribution in [3.05, 3.63) is 54.1 Å². The third kappa shape index (κ3) is 5.95. The second kappa shape index (κ2) is 9.41. The first kappa shape index (κ1) is 20.6. The van der Waals surface area contributed by atoms with Gasteiger partial charge >= 0.3 is 6.03 Å². The Balaban J connectivity index is 1.48. The van der Waals surface area contributed by atoms with Crippen LogP contribution in [0.25, 0.3) is 0 Å². The maximum absolute atomic E-state index is 12.3. The number of carbonyl (C=O) groups is 1. The van der Waals surface area contributed by atoms with E-state index in [1.807, 2.05) is 0 Å². The highest BCUT2D eigenvalue weighted by Crippen LogP contribution is 2.23. The van der Waals surface area contributed by atoms with Gasteiger partial charge in [0, 0.05) is 30.9 Å². The molecule has 3 rings (SSSR count). The maximum atomic E-state index is 12.3. The Kier molecular flexibility index (Phi) is 6.70. The van der Waals surface area contributed by atoms with Gasteiger partial charge in [-0.25, -0.2) is 4.79 Å². The summed E-state index contributed by atoms with van der Waals surface area (Å²) in [7, 11) is 0. The van der Waals surface area contributed by atoms with E-state index in [1.165, 1.54) is 0 Å². The third-order valence-electron chi connectivity index (χ3n) is 4.88. The molecule has 1 fully saturated rings. The molecule has 1 saturated heterocycles. The Morgan fingerprint density at radius 3 is 2.28 bits per heavy atom. The van der Waals surface area contributed by atoms with E-state index < -0.39 is 0 Å². The highest BCUT2D eigenvalue weighted by Gasteiger charge is 2.28. The first-order chi connectivity index (χ1) is 14.0. The van der Waals surface area contributed by atoms with E-state index >= 15 is 0 Å². The molecule has 0 spiro atoms. The van der Waals surface area contributed by atoms with Gasteiger partial charge in [-0.2, -0.15) is 5.26 Å². The molecule has 7 nitrogen and oxygen atoms in total. The molecule has 1 aliphatic heterocycles. The summed E-state index contributed by atoms with van der Waals surface area (Å²) in [4.78, 5) is 14.6. The van der Waals surface area contributed by atoms with Crippen molar-refractivity contribution in [2.45, 2.75) is 19.4 Å². The smallest absolute Gasteiger partial charge is 0.319 e. The number of hydrogen-bond donors (Lipinski definition) is 2. The van der Waals surface area contributed by atoms with Gasteiger partial charge in [0.15, 0.2) is 0 Å². The van der Waals surface area contributed by atoms with Crippen LogP contribution in [0.1, 0.15) is 19.4 Å². The molecule has 2 aromatic carbocycles. The van der Waals surface area contributed by atoms with Crippen LogP contribution < -0.4 is 15.4 Å². The quantitative estimate of drug-likeness (QED) is 0.782. The van der Waals surface area contributed by atoms with E-state index in [2.05, 4.69) is 35.5 Å². The number of nitrogens with one attached hydrogen (secondary N) is 2. The summed E-state index contributed by atoms with van der Waals surface area (Å²) in [5, 5.41) is 14.6. The summed E-state index contributed by atoms with van der Waals surface area (Å²) >= 11 is 0. The number of morpholine rings is 1. The average Bonchev–Trinajstić information content (AvgIpc) is 2.75. The number of nitriles is 1. The van der Waals surface area contributed by atoms with Gasteiger partial charge in [0.2, 0.25) is 0 Å². The van der Waals surface area contributed by atoms with Crippen molar-refractivity contribution in [1.29, 1.82) is 5.26 Å². The molecule has 0 saturated carbocycles. The predicted octanol–water partition coefficient (Wildman–Crippen LogP) is 3.58. The van der Waals surface area contributed by atoms with Crippen molar-refractivity contribution in [2.24, 2.45) is 0 Å². The van der Waals surface area contributed by atoms with Gasteiger partial charge in [0.25, 0.3) is 0 Å². The molecule has 0 bridgehead atoms. The van der Waals surface area contributed by atoms with E-state index in [9.17, 15) is 4.79 Å². The molecular formula is C22H26N4O3. The number of nitrogens with zero attached hydrogens (tertiary/aromatic N) is 2. The van der Waals surface area contributed by atoms with Crippen LogP contribution in [0.4, 0.5) is 10.5 Å². The first-order valence-electron chi connectivity index (χ1n) is 9.62. The third-order valence-corrected chi connectivity index (χ3v) is 4.88. The number of ether oxygens (including phenoxy) is 2. The van der Waals surface area contributed by atoms with Crippen LogP contribution in [-0.2, 0) is 4.74 Å². The number of hydrogen-bond acceptors (Lipinski definition) is 5. The standard InChI is InChI=1S/C22H26N4O3/c1-22(2,26-11-13-28-14-12-26)16-24-21(27)25-18-5-9-20(10-6-18)29-19-7-3-17(15-23)4-8-19/h3-10H,11-14,16H2,1-2H3,(H2,24,25,27). The van der Waals surface area contributed by atoms with Crippen LogP contribution in [-0.4, -0.2) is 49.3 Å². The molecule has 1 heterocycles. The van der Waals surface area contributed by atoms with Crippen LogP contribution in [0.15, 0.2) is 48.5 Å². The summed E-state index contributed by atoms with van der Waals surface area (Å²) in [5.41, 5.74) is 1.12. The van der Waals surface area contributed by atoms with Gasteiger partial charge in [-0.3, -0.25) is 4.90 Å². The fraction of sp³-hybridized carbons (Fsp3) is 0.364. The van der Waals surface area contributed by atoms with Crippen LogP contribution in [0.3, 0.4) is 0 Å². The van der Waals surface area contributed by atoms with Gasteiger partial charge in [-0.15, -0.1) is 0 Å². The molecule has 0 aliphatic carbocycles. The molecule has 2 amide bonds. The van der Waals surface area contributed by atoms with Crippen LogP contribution in [0.2, 0.25) is 0 Å². The lowest BCUT2D eigenvalue weighted by Gasteiger charge is -2.40. The predicted molar refractivity (Wildman–Crippen MR) is 111 cm³/mol. The van der Waals surface area contributed by atoms with E-state index in [0.717, 1.165) is 26.3 Å². The minimum absolute atomic E-state index is 0.139. The Bertz CT molecular complexity index is 851. The molecule has 1 aliphatic rings. The molecule has 152 valence electrons. The number of rotatable bonds is 6. The second-order valence-electron chi connectivity index (χ2n) is 7.48. The molecule has 7 heteroatoms. The van der Waals surface area contributed by atoms with Crippen LogP contribution >= 0.6 is 0 Å². The number of anilines is 1. The van der Waals surface area contributed by atoms with Crippen molar-refractivity contribution in [3.63, 3.8) is 0 Å². The number of amides is 2. The molecule has 2 aromatic rings. The normalized spacial score (nSPS) is 14.7. The Hall–Kier alpha value is -3.08. The Morgan fingerprint density at radius 2 is 1.69 bits per heavy atom. The van der Waals surface area contributed by atoms with E-state index in [4.69, 9.17) is 14.7 Å². The SMILES string of the molecule is CC(C)(CNC(=O)Nc1ccc(Oc2ccc(C#N)cc2)cc1)N1CCOCC1. The molecule has 0 atom stereocenters. The lowest BCUT2D eigenvalue weighted by atomic mass is 10.0. The molecule has 0 aromatic heterocycles. The van der Waals surface area contributed by atoms with Crippen molar-refractivity contribution >= 4 is 11.7 Å². The minimum Gasteiger partial charge on any atom is -0.457 e. The highest BCUT2D eigenvalue weighted by molar-refractivity contribution is 5.89. The first-order valence-corrected chi connectivity index (χ1v) is 9.62. The molecule has 0 unspecified atom stereocenters. The lowest BCUT2D eigenvalue weighted by molar-refractivity contribution is -0.00863. The van der Waals surface area contributed by atoms with Gasteiger partial charge < -0.3 is 20.1 Å². The van der Waals surface area contributed by atoms with Crippen molar-refractivity contribution in [3.8, 4) is 17.6 Å². The zero-order chi connectivity index (χ0) is 20.7. The number of benzene rings is 2. The number of urea groups is 1. The van der Waals surface area contributed by atoms with Crippen molar-refractivity contribution in [1.82, 2.24) is 10.2 Å². The molecule has 2 N–H and O–H groups in total. The van der Waals surface area contributed by atoms with Gasteiger partial charge in [-0.1, -0.05) is 0 Å². The zero-order valence-electron chi connectivity index (χ0n) is 16.8. The average molecular weight is 394 g/mol. The topological polar surface area (TPSA) is 86.6 Å². The van der Waals surface area contributed by atoms with Crippen molar-refractivity contribution in [2.75, 3.05) is 38.2 Å². The van der Waals surface area contributed by atoms with Gasteiger partial charge in [-0.05, 0) is 62.4 Å². The van der Waals surface area contributed by atoms with E-state index in [-0.39, 0.29) is 11.6 Å². The van der Waals surface area contributed by atoms with Crippen molar-refractivity contribution < 1.29 is 14.3 Å². The van der Waals surface area contributed by atoms with Gasteiger partial charge in [0.05, 0.1) is 24.8 Å². The van der Waals surface area contributed by atoms with E-state index in [0.29, 0.717) is 29.3 Å². The molecular weight excluding hydrogens is 368 g/mol. The monoisotopic (exact) mass is 394 g/mol. The van der Waals surface area contributed by atoms with Crippen LogP contribution in [0, 0.1) is 11.3 Å².